The Hall–Kier alpha value is -2.21. The van der Waals surface area contributed by atoms with Crippen LogP contribution in [0.15, 0.2) is 36.5 Å². The molecule has 1 atom stereocenters. The van der Waals surface area contributed by atoms with Crippen LogP contribution in [0.2, 0.25) is 0 Å². The lowest BCUT2D eigenvalue weighted by Gasteiger charge is -2.20. The lowest BCUT2D eigenvalue weighted by Crippen LogP contribution is -2.15. The van der Waals surface area contributed by atoms with Crippen LogP contribution in [-0.4, -0.2) is 33.1 Å². The van der Waals surface area contributed by atoms with Crippen LogP contribution >= 0.6 is 0 Å². The lowest BCUT2D eigenvalue weighted by molar-refractivity contribution is 0.209. The molecule has 22 heavy (non-hydrogen) atoms. The molecule has 3 N–H and O–H groups in total. The number of nitrogen functional groups attached to an aromatic ring is 1. The highest BCUT2D eigenvalue weighted by molar-refractivity contribution is 6.33. The molecule has 1 unspecified atom stereocenters. The fourth-order valence-corrected chi connectivity index (χ4v) is 2.09. The molecular weight excluding hydrogens is 277 g/mol. The Morgan fingerprint density at radius 3 is 2.86 bits per heavy atom. The third-order valence-electron chi connectivity index (χ3n) is 3.17. The van der Waals surface area contributed by atoms with Gasteiger partial charge in [-0.2, -0.15) is 0 Å². The Morgan fingerprint density at radius 2 is 2.18 bits per heavy atom. The predicted octanol–water partition coefficient (Wildman–Crippen LogP) is 1.66. The highest BCUT2D eigenvalue weighted by Crippen LogP contribution is 2.32. The Bertz CT molecular complexity index is 608. The van der Waals surface area contributed by atoms with Gasteiger partial charge in [0.05, 0.1) is 18.0 Å². The van der Waals surface area contributed by atoms with Crippen molar-refractivity contribution >= 4 is 24.7 Å². The summed E-state index contributed by atoms with van der Waals surface area (Å²) in [6, 6.07) is 9.16. The van der Waals surface area contributed by atoms with Crippen LogP contribution in [-0.2, 0) is 4.74 Å². The summed E-state index contributed by atoms with van der Waals surface area (Å²) in [5.41, 5.74) is 8.69. The number of aromatic nitrogens is 1. The largest absolute Gasteiger partial charge is 0.482 e. The van der Waals surface area contributed by atoms with Gasteiger partial charge in [0.15, 0.2) is 0 Å². The van der Waals surface area contributed by atoms with E-state index in [0.29, 0.717) is 35.7 Å². The molecule has 0 saturated carbocycles. The second-order valence-electron chi connectivity index (χ2n) is 4.92. The van der Waals surface area contributed by atoms with Crippen LogP contribution in [0.1, 0.15) is 18.7 Å². The maximum absolute atomic E-state index is 6.04. The summed E-state index contributed by atoms with van der Waals surface area (Å²) in [5.74, 6) is 0.603. The van der Waals surface area contributed by atoms with Gasteiger partial charge >= 0.3 is 0 Å². The molecule has 0 aliphatic rings. The zero-order chi connectivity index (χ0) is 15.9. The van der Waals surface area contributed by atoms with E-state index in [1.807, 2.05) is 25.1 Å². The molecule has 0 bridgehead atoms. The van der Waals surface area contributed by atoms with Crippen molar-refractivity contribution in [1.29, 1.82) is 0 Å². The molecule has 0 aliphatic heterocycles. The second-order valence-corrected chi connectivity index (χ2v) is 4.92. The number of anilines is 2. The third-order valence-corrected chi connectivity index (χ3v) is 3.17. The average molecular weight is 297 g/mol. The summed E-state index contributed by atoms with van der Waals surface area (Å²) >= 11 is 0. The van der Waals surface area contributed by atoms with E-state index in [0.717, 1.165) is 5.69 Å². The van der Waals surface area contributed by atoms with Gasteiger partial charge in [0.25, 0.3) is 0 Å². The molecule has 6 heteroatoms. The van der Waals surface area contributed by atoms with Gasteiger partial charge in [-0.3, -0.25) is 4.98 Å². The predicted molar refractivity (Wildman–Crippen MR) is 89.9 cm³/mol. The fourth-order valence-electron chi connectivity index (χ4n) is 2.09. The van der Waals surface area contributed by atoms with E-state index in [1.165, 1.54) is 0 Å². The summed E-state index contributed by atoms with van der Waals surface area (Å²) < 4.78 is 11.0. The minimum absolute atomic E-state index is 0.217. The maximum atomic E-state index is 6.04. The Morgan fingerprint density at radius 1 is 1.36 bits per heavy atom. The van der Waals surface area contributed by atoms with E-state index in [9.17, 15) is 0 Å². The second kappa shape index (κ2) is 7.70. The van der Waals surface area contributed by atoms with Crippen molar-refractivity contribution < 1.29 is 9.47 Å². The molecular formula is C16H20BN3O2. The van der Waals surface area contributed by atoms with Gasteiger partial charge in [-0.1, -0.05) is 11.5 Å². The van der Waals surface area contributed by atoms with Crippen molar-refractivity contribution in [3.8, 4) is 5.75 Å². The minimum Gasteiger partial charge on any atom is -0.482 e. The monoisotopic (exact) mass is 297 g/mol. The van der Waals surface area contributed by atoms with Gasteiger partial charge in [-0.15, -0.1) is 0 Å². The summed E-state index contributed by atoms with van der Waals surface area (Å²) in [6.07, 6.45) is 1.52. The van der Waals surface area contributed by atoms with Crippen molar-refractivity contribution in [2.75, 3.05) is 31.3 Å². The number of hydrogen-bond acceptors (Lipinski definition) is 5. The van der Waals surface area contributed by atoms with Crippen LogP contribution < -0.4 is 21.3 Å². The number of benzene rings is 1. The first-order valence-corrected chi connectivity index (χ1v) is 7.11. The zero-order valence-electron chi connectivity index (χ0n) is 12.9. The van der Waals surface area contributed by atoms with Gasteiger partial charge in [0.2, 0.25) is 0 Å². The molecule has 2 radical (unpaired) electrons. The molecule has 0 aliphatic carbocycles. The molecule has 2 aromatic rings. The summed E-state index contributed by atoms with van der Waals surface area (Å²) in [4.78, 5) is 4.30. The molecule has 0 fully saturated rings. The maximum Gasteiger partial charge on any atom is 0.144 e. The summed E-state index contributed by atoms with van der Waals surface area (Å²) in [5, 5.41) is 3.22. The highest BCUT2D eigenvalue weighted by Gasteiger charge is 2.14. The van der Waals surface area contributed by atoms with Crippen LogP contribution in [0, 0.1) is 0 Å². The fraction of sp³-hybridized carbons (Fsp3) is 0.312. The standard InChI is InChI=1S/C16H20BN3O2/c1-11(14-5-3-4-6-19-14)22-15-10-12(17)9-13(18)16(15)20-7-8-21-2/h3-6,9-11,20H,7-8,18H2,1-2H3. The molecule has 1 aromatic heterocycles. The molecule has 5 nitrogen and oxygen atoms in total. The quantitative estimate of drug-likeness (QED) is 0.462. The molecule has 1 heterocycles. The Labute approximate surface area is 132 Å². The van der Waals surface area contributed by atoms with E-state index in [1.54, 1.807) is 25.4 Å². The first-order chi connectivity index (χ1) is 10.6. The Kier molecular flexibility index (Phi) is 5.66. The minimum atomic E-state index is -0.217. The van der Waals surface area contributed by atoms with Crippen LogP contribution in [0.5, 0.6) is 5.75 Å². The average Bonchev–Trinajstić information content (AvgIpc) is 2.50. The summed E-state index contributed by atoms with van der Waals surface area (Å²) in [6.45, 7) is 3.12. The number of nitrogens with one attached hydrogen (secondary N) is 1. The van der Waals surface area contributed by atoms with Gasteiger partial charge < -0.3 is 20.5 Å². The number of rotatable bonds is 7. The van der Waals surface area contributed by atoms with E-state index in [4.69, 9.17) is 23.1 Å². The highest BCUT2D eigenvalue weighted by atomic mass is 16.5. The van der Waals surface area contributed by atoms with Crippen molar-refractivity contribution in [1.82, 2.24) is 4.98 Å². The van der Waals surface area contributed by atoms with Crippen molar-refractivity contribution in [3.63, 3.8) is 0 Å². The number of pyridine rings is 1. The number of methoxy groups -OCH3 is 1. The Balaban J connectivity index is 2.21. The van der Waals surface area contributed by atoms with Crippen molar-refractivity contribution in [2.45, 2.75) is 13.0 Å². The third kappa shape index (κ3) is 4.15. The SMILES string of the molecule is [B]c1cc(N)c(NCCOC)c(OC(C)c2ccccn2)c1. The van der Waals surface area contributed by atoms with Gasteiger partial charge in [-0.05, 0) is 31.2 Å². The smallest absolute Gasteiger partial charge is 0.144 e. The normalized spacial score (nSPS) is 11.9. The van der Waals surface area contributed by atoms with Crippen molar-refractivity contribution in [2.24, 2.45) is 0 Å². The van der Waals surface area contributed by atoms with Gasteiger partial charge in [0, 0.05) is 19.9 Å². The van der Waals surface area contributed by atoms with Crippen LogP contribution in [0.3, 0.4) is 0 Å². The van der Waals surface area contributed by atoms with Crippen molar-refractivity contribution in [3.05, 3.63) is 42.2 Å². The molecule has 0 saturated heterocycles. The zero-order valence-corrected chi connectivity index (χ0v) is 12.9. The van der Waals surface area contributed by atoms with E-state index in [2.05, 4.69) is 10.3 Å². The van der Waals surface area contributed by atoms with E-state index in [-0.39, 0.29) is 6.10 Å². The molecule has 1 aromatic carbocycles. The number of nitrogens with zero attached hydrogens (tertiary/aromatic N) is 1. The topological polar surface area (TPSA) is 69.4 Å². The molecule has 0 amide bonds. The van der Waals surface area contributed by atoms with Gasteiger partial charge in [0.1, 0.15) is 25.4 Å². The number of hydrogen-bond donors (Lipinski definition) is 2. The van der Waals surface area contributed by atoms with Gasteiger partial charge in [-0.25, -0.2) is 0 Å². The molecule has 2 rings (SSSR count). The first kappa shape index (κ1) is 16.2. The van der Waals surface area contributed by atoms with Crippen LogP contribution in [0.25, 0.3) is 0 Å². The first-order valence-electron chi connectivity index (χ1n) is 7.11. The molecule has 114 valence electrons. The van der Waals surface area contributed by atoms with Crippen LogP contribution in [0.4, 0.5) is 11.4 Å². The summed E-state index contributed by atoms with van der Waals surface area (Å²) in [7, 11) is 7.52. The van der Waals surface area contributed by atoms with E-state index >= 15 is 0 Å². The number of ether oxygens (including phenoxy) is 2. The lowest BCUT2D eigenvalue weighted by atomic mass is 9.94. The molecule has 0 spiro atoms. The van der Waals surface area contributed by atoms with E-state index < -0.39 is 0 Å². The number of nitrogens with two attached hydrogens (primary N) is 1.